The Morgan fingerprint density at radius 2 is 0.983 bits per heavy atom. The van der Waals surface area contributed by atoms with Crippen molar-refractivity contribution in [2.45, 2.75) is 230 Å². The highest BCUT2D eigenvalue weighted by molar-refractivity contribution is 5.73. The first-order chi connectivity index (χ1) is 29.2. The van der Waals surface area contributed by atoms with E-state index in [9.17, 15) is 34.8 Å². The minimum Gasteiger partial charge on any atom is -0.479 e. The summed E-state index contributed by atoms with van der Waals surface area (Å²) in [5.41, 5.74) is 0. The van der Waals surface area contributed by atoms with E-state index in [1.54, 1.807) is 0 Å². The fourth-order valence-corrected chi connectivity index (χ4v) is 7.01. The predicted molar refractivity (Wildman–Crippen MR) is 238 cm³/mol. The summed E-state index contributed by atoms with van der Waals surface area (Å²) in [7, 11) is 0. The van der Waals surface area contributed by atoms with Gasteiger partial charge in [0.25, 0.3) is 0 Å². The summed E-state index contributed by atoms with van der Waals surface area (Å²) >= 11 is 0. The molecule has 6 unspecified atom stereocenters. The van der Waals surface area contributed by atoms with Crippen molar-refractivity contribution in [3.63, 3.8) is 0 Å². The number of carbonyl (C=O) groups is 3. The van der Waals surface area contributed by atoms with Gasteiger partial charge in [0.05, 0.1) is 6.61 Å². The van der Waals surface area contributed by atoms with E-state index in [0.29, 0.717) is 12.8 Å². The summed E-state index contributed by atoms with van der Waals surface area (Å²) < 4.78 is 21.7. The molecule has 60 heavy (non-hydrogen) atoms. The Morgan fingerprint density at radius 1 is 0.533 bits per heavy atom. The van der Waals surface area contributed by atoms with Gasteiger partial charge in [-0.25, -0.2) is 4.79 Å². The van der Waals surface area contributed by atoms with Gasteiger partial charge in [0.1, 0.15) is 24.9 Å². The van der Waals surface area contributed by atoms with Crippen LogP contribution in [-0.4, -0.2) is 88.4 Å². The Bertz CT molecular complexity index is 1180. The first kappa shape index (κ1) is 55.2. The average molecular weight is 849 g/mol. The van der Waals surface area contributed by atoms with Gasteiger partial charge < -0.3 is 39.4 Å². The van der Waals surface area contributed by atoms with Gasteiger partial charge >= 0.3 is 17.9 Å². The number of ether oxygens (including phenoxy) is 4. The van der Waals surface area contributed by atoms with Gasteiger partial charge in [0.15, 0.2) is 18.5 Å². The van der Waals surface area contributed by atoms with Crippen LogP contribution in [0.5, 0.6) is 0 Å². The van der Waals surface area contributed by atoms with Crippen molar-refractivity contribution >= 4 is 17.9 Å². The maximum atomic E-state index is 12.8. The number of carboxylic acid groups (broad SMARTS) is 1. The van der Waals surface area contributed by atoms with Gasteiger partial charge in [0.2, 0.25) is 0 Å². The minimum atomic E-state index is -1.87. The van der Waals surface area contributed by atoms with Crippen LogP contribution in [0.25, 0.3) is 0 Å². The van der Waals surface area contributed by atoms with Crippen LogP contribution in [0.1, 0.15) is 194 Å². The lowest BCUT2D eigenvalue weighted by Gasteiger charge is -2.38. The van der Waals surface area contributed by atoms with E-state index in [0.717, 1.165) is 44.9 Å². The van der Waals surface area contributed by atoms with Gasteiger partial charge in [-0.05, 0) is 38.5 Å². The quantitative estimate of drug-likeness (QED) is 0.0264. The Balaban J connectivity index is 2.34. The van der Waals surface area contributed by atoms with E-state index >= 15 is 0 Å². The molecule has 0 aliphatic carbocycles. The normalized spacial score (nSPS) is 20.2. The SMILES string of the molecule is CC/C=C\C/C=C\C/C=C\C/C=C\CCC(=O)OCC(COC1OC(C(=O)O)C(O)C(O)C1O)OC(=O)CCCCCCCCCCCCCCCCCCCCCCC. The molecular weight excluding hydrogens is 765 g/mol. The summed E-state index contributed by atoms with van der Waals surface area (Å²) in [5.74, 6) is -2.54. The molecule has 346 valence electrons. The van der Waals surface area contributed by atoms with Crippen LogP contribution in [-0.2, 0) is 33.3 Å². The molecule has 0 aromatic rings. The van der Waals surface area contributed by atoms with Crippen molar-refractivity contribution in [3.8, 4) is 0 Å². The summed E-state index contributed by atoms with van der Waals surface area (Å²) in [5, 5.41) is 39.8. The molecule has 1 heterocycles. The summed E-state index contributed by atoms with van der Waals surface area (Å²) in [6.45, 7) is 3.65. The fourth-order valence-electron chi connectivity index (χ4n) is 7.01. The lowest BCUT2D eigenvalue weighted by atomic mass is 9.99. The molecule has 0 aromatic carbocycles. The zero-order chi connectivity index (χ0) is 43.9. The number of esters is 2. The number of unbranched alkanes of at least 4 members (excludes halogenated alkanes) is 20. The zero-order valence-corrected chi connectivity index (χ0v) is 37.4. The average Bonchev–Trinajstić information content (AvgIpc) is 3.23. The van der Waals surface area contributed by atoms with E-state index < -0.39 is 61.3 Å². The molecule has 0 radical (unpaired) electrons. The zero-order valence-electron chi connectivity index (χ0n) is 37.4. The molecule has 0 spiro atoms. The number of aliphatic hydroxyl groups excluding tert-OH is 3. The number of hydrogen-bond acceptors (Lipinski definition) is 10. The molecule has 0 amide bonds. The second kappa shape index (κ2) is 39.0. The second-order valence-electron chi connectivity index (χ2n) is 16.2. The molecule has 1 fully saturated rings. The molecule has 0 saturated carbocycles. The lowest BCUT2D eigenvalue weighted by Crippen LogP contribution is -2.60. The third kappa shape index (κ3) is 30.2. The van der Waals surface area contributed by atoms with Crippen molar-refractivity contribution in [1.82, 2.24) is 0 Å². The molecule has 11 heteroatoms. The van der Waals surface area contributed by atoms with Crippen molar-refractivity contribution in [2.75, 3.05) is 13.2 Å². The maximum Gasteiger partial charge on any atom is 0.335 e. The molecule has 1 saturated heterocycles. The van der Waals surface area contributed by atoms with Crippen molar-refractivity contribution in [1.29, 1.82) is 0 Å². The Hall–Kier alpha value is -2.83. The fraction of sp³-hybridized carbons (Fsp3) is 0.776. The topological polar surface area (TPSA) is 169 Å². The molecule has 4 N–H and O–H groups in total. The van der Waals surface area contributed by atoms with Crippen molar-refractivity contribution < 1.29 is 53.8 Å². The number of aliphatic carboxylic acids is 1. The van der Waals surface area contributed by atoms with Crippen LogP contribution in [0.4, 0.5) is 0 Å². The summed E-state index contributed by atoms with van der Waals surface area (Å²) in [6.07, 6.45) is 37.6. The van der Waals surface area contributed by atoms with Crippen LogP contribution in [0.3, 0.4) is 0 Å². The molecule has 11 nitrogen and oxygen atoms in total. The smallest absolute Gasteiger partial charge is 0.335 e. The Labute approximate surface area is 363 Å². The molecule has 1 aliphatic rings. The van der Waals surface area contributed by atoms with Gasteiger partial charge in [-0.1, -0.05) is 191 Å². The second-order valence-corrected chi connectivity index (χ2v) is 16.2. The summed E-state index contributed by atoms with van der Waals surface area (Å²) in [6, 6.07) is 0. The van der Waals surface area contributed by atoms with E-state index in [1.807, 2.05) is 12.2 Å². The maximum absolute atomic E-state index is 12.8. The largest absolute Gasteiger partial charge is 0.479 e. The first-order valence-electron chi connectivity index (χ1n) is 23.7. The molecule has 0 bridgehead atoms. The molecule has 0 aromatic heterocycles. The molecule has 1 aliphatic heterocycles. The monoisotopic (exact) mass is 849 g/mol. The molecule has 1 rings (SSSR count). The standard InChI is InChI=1S/C49H84O11/c1-3-5-7-9-11-13-15-17-18-19-20-21-22-23-24-26-28-30-32-34-36-38-43(51)59-41(40-58-49-46(54)44(52)45(53)47(60-49)48(55)56)39-57-42(50)37-35-33-31-29-27-25-16-14-12-10-8-6-4-2/h6,8,12,14,25,27,31,33,41,44-47,49,52-54H,3-5,7,9-11,13,15-24,26,28-30,32,34-40H2,1-2H3,(H,55,56)/b8-6-,14-12-,27-25-,33-31-. The van der Waals surface area contributed by atoms with Gasteiger partial charge in [-0.3, -0.25) is 9.59 Å². The molecular formula is C49H84O11. The van der Waals surface area contributed by atoms with Gasteiger partial charge in [-0.2, -0.15) is 0 Å². The summed E-state index contributed by atoms with van der Waals surface area (Å²) in [4.78, 5) is 36.8. The Kier molecular flexibility index (Phi) is 35.9. The lowest BCUT2D eigenvalue weighted by molar-refractivity contribution is -0.298. The number of rotatable bonds is 39. The highest BCUT2D eigenvalue weighted by Crippen LogP contribution is 2.23. The van der Waals surface area contributed by atoms with Crippen LogP contribution in [0.2, 0.25) is 0 Å². The van der Waals surface area contributed by atoms with Crippen molar-refractivity contribution in [2.24, 2.45) is 0 Å². The number of carbonyl (C=O) groups excluding carboxylic acids is 2. The number of aliphatic hydroxyl groups is 3. The van der Waals surface area contributed by atoms with Crippen LogP contribution in [0.15, 0.2) is 48.6 Å². The van der Waals surface area contributed by atoms with E-state index in [4.69, 9.17) is 18.9 Å². The molecule has 6 atom stereocenters. The minimum absolute atomic E-state index is 0.115. The van der Waals surface area contributed by atoms with Crippen molar-refractivity contribution in [3.05, 3.63) is 48.6 Å². The third-order valence-electron chi connectivity index (χ3n) is 10.7. The number of allylic oxidation sites excluding steroid dienone is 8. The van der Waals surface area contributed by atoms with Crippen LogP contribution >= 0.6 is 0 Å². The van der Waals surface area contributed by atoms with E-state index in [2.05, 4.69) is 50.3 Å². The van der Waals surface area contributed by atoms with E-state index in [-0.39, 0.29) is 19.4 Å². The highest BCUT2D eigenvalue weighted by Gasteiger charge is 2.47. The highest BCUT2D eigenvalue weighted by atomic mass is 16.7. The van der Waals surface area contributed by atoms with Gasteiger partial charge in [0, 0.05) is 12.8 Å². The van der Waals surface area contributed by atoms with Gasteiger partial charge in [-0.15, -0.1) is 0 Å². The predicted octanol–water partition coefficient (Wildman–Crippen LogP) is 10.5. The first-order valence-corrected chi connectivity index (χ1v) is 23.7. The van der Waals surface area contributed by atoms with Crippen LogP contribution in [0, 0.1) is 0 Å². The third-order valence-corrected chi connectivity index (χ3v) is 10.7. The Morgan fingerprint density at radius 3 is 1.45 bits per heavy atom. The van der Waals surface area contributed by atoms with Crippen LogP contribution < -0.4 is 0 Å². The van der Waals surface area contributed by atoms with E-state index in [1.165, 1.54) is 109 Å². The number of carboxylic acids is 1. The number of hydrogen-bond donors (Lipinski definition) is 4.